The Morgan fingerprint density at radius 1 is 1.09 bits per heavy atom. The van der Waals surface area contributed by atoms with Gasteiger partial charge in [0.1, 0.15) is 5.76 Å². The van der Waals surface area contributed by atoms with Gasteiger partial charge < -0.3 is 9.42 Å². The summed E-state index contributed by atoms with van der Waals surface area (Å²) in [5, 5.41) is 4.98. The van der Waals surface area contributed by atoms with Crippen LogP contribution in [-0.4, -0.2) is 11.7 Å². The molecule has 22 heavy (non-hydrogen) atoms. The summed E-state index contributed by atoms with van der Waals surface area (Å²) < 4.78 is 5.40. The molecule has 110 valence electrons. The van der Waals surface area contributed by atoms with Crippen molar-refractivity contribution in [2.45, 2.75) is 13.3 Å². The third-order valence-corrected chi connectivity index (χ3v) is 4.36. The zero-order valence-corrected chi connectivity index (χ0v) is 13.0. The molecule has 0 spiro atoms. The molecule has 4 heteroatoms. The van der Waals surface area contributed by atoms with E-state index in [0.29, 0.717) is 0 Å². The number of benzene rings is 2. The Morgan fingerprint density at radius 3 is 2.68 bits per heavy atom. The first-order valence-electron chi connectivity index (χ1n) is 7.31. The standard InChI is InChI=1S/C18H15ClN2O/c1-12-18-15-4-2-3-5-17(15)21(11-10-16(18)20-22-12)14-8-6-13(19)7-9-14/h2-9H,10-11H2,1H3. The maximum Gasteiger partial charge on any atom is 0.141 e. The maximum atomic E-state index is 6.02. The molecule has 0 saturated carbocycles. The van der Waals surface area contributed by atoms with Crippen molar-refractivity contribution < 1.29 is 4.52 Å². The van der Waals surface area contributed by atoms with Crippen LogP contribution in [0.25, 0.3) is 11.1 Å². The van der Waals surface area contributed by atoms with Gasteiger partial charge in [-0.15, -0.1) is 0 Å². The van der Waals surface area contributed by atoms with Crippen LogP contribution in [0.1, 0.15) is 11.5 Å². The van der Waals surface area contributed by atoms with E-state index in [9.17, 15) is 0 Å². The van der Waals surface area contributed by atoms with E-state index in [1.807, 2.05) is 19.1 Å². The van der Waals surface area contributed by atoms with E-state index >= 15 is 0 Å². The van der Waals surface area contributed by atoms with Gasteiger partial charge in [-0.2, -0.15) is 0 Å². The fourth-order valence-corrected chi connectivity index (χ4v) is 3.21. The Morgan fingerprint density at radius 2 is 1.86 bits per heavy atom. The summed E-state index contributed by atoms with van der Waals surface area (Å²) in [4.78, 5) is 2.31. The first kappa shape index (κ1) is 13.4. The number of nitrogens with zero attached hydrogens (tertiary/aromatic N) is 2. The molecular formula is C18H15ClN2O. The second kappa shape index (κ2) is 5.18. The van der Waals surface area contributed by atoms with Gasteiger partial charge in [-0.3, -0.25) is 0 Å². The van der Waals surface area contributed by atoms with E-state index in [-0.39, 0.29) is 0 Å². The lowest BCUT2D eigenvalue weighted by Gasteiger charge is -2.25. The van der Waals surface area contributed by atoms with Crippen molar-refractivity contribution in [2.24, 2.45) is 0 Å². The van der Waals surface area contributed by atoms with Crippen molar-refractivity contribution >= 4 is 23.0 Å². The highest BCUT2D eigenvalue weighted by molar-refractivity contribution is 6.30. The van der Waals surface area contributed by atoms with Gasteiger partial charge in [0.25, 0.3) is 0 Å². The minimum Gasteiger partial charge on any atom is -0.361 e. The molecule has 0 saturated heterocycles. The number of aryl methyl sites for hydroxylation is 1. The predicted molar refractivity (Wildman–Crippen MR) is 88.8 cm³/mol. The number of fused-ring (bicyclic) bond motifs is 3. The van der Waals surface area contributed by atoms with Gasteiger partial charge in [0, 0.05) is 40.5 Å². The molecule has 0 unspecified atom stereocenters. The van der Waals surface area contributed by atoms with Gasteiger partial charge in [-0.25, -0.2) is 0 Å². The summed E-state index contributed by atoms with van der Waals surface area (Å²) in [5.74, 6) is 0.875. The number of rotatable bonds is 1. The SMILES string of the molecule is Cc1onc2c1-c1ccccc1N(c1ccc(Cl)cc1)CC2. The number of aromatic nitrogens is 1. The monoisotopic (exact) mass is 310 g/mol. The Kier molecular flexibility index (Phi) is 3.16. The average Bonchev–Trinajstić information content (AvgIpc) is 2.82. The van der Waals surface area contributed by atoms with Gasteiger partial charge >= 0.3 is 0 Å². The molecule has 2 heterocycles. The molecule has 1 aliphatic heterocycles. The van der Waals surface area contributed by atoms with Crippen LogP contribution in [0.15, 0.2) is 53.1 Å². The van der Waals surface area contributed by atoms with E-state index in [2.05, 4.69) is 46.5 Å². The van der Waals surface area contributed by atoms with Gasteiger partial charge in [0.05, 0.1) is 5.69 Å². The van der Waals surface area contributed by atoms with Crippen molar-refractivity contribution in [1.29, 1.82) is 0 Å². The van der Waals surface area contributed by atoms with Crippen molar-refractivity contribution in [3.8, 4) is 11.1 Å². The number of para-hydroxylation sites is 1. The summed E-state index contributed by atoms with van der Waals surface area (Å²) in [6.45, 7) is 2.83. The van der Waals surface area contributed by atoms with Crippen molar-refractivity contribution in [3.05, 3.63) is 65.0 Å². The molecule has 0 atom stereocenters. The molecule has 0 fully saturated rings. The summed E-state index contributed by atoms with van der Waals surface area (Å²) in [5.41, 5.74) is 5.64. The van der Waals surface area contributed by atoms with E-state index < -0.39 is 0 Å². The van der Waals surface area contributed by atoms with Crippen molar-refractivity contribution in [1.82, 2.24) is 5.16 Å². The van der Waals surface area contributed by atoms with Crippen molar-refractivity contribution in [3.63, 3.8) is 0 Å². The lowest BCUT2D eigenvalue weighted by molar-refractivity contribution is 0.391. The minimum atomic E-state index is 0.750. The van der Waals surface area contributed by atoms with Gasteiger partial charge in [0.15, 0.2) is 0 Å². The highest BCUT2D eigenvalue weighted by Gasteiger charge is 2.25. The zero-order chi connectivity index (χ0) is 15.1. The number of halogens is 1. The molecular weight excluding hydrogens is 296 g/mol. The third kappa shape index (κ3) is 2.09. The highest BCUT2D eigenvalue weighted by atomic mass is 35.5. The second-order valence-corrected chi connectivity index (χ2v) is 5.89. The highest BCUT2D eigenvalue weighted by Crippen LogP contribution is 2.41. The molecule has 4 rings (SSSR count). The predicted octanol–water partition coefficient (Wildman–Crippen LogP) is 5.00. The Balaban J connectivity index is 1.90. The van der Waals surface area contributed by atoms with Gasteiger partial charge in [-0.1, -0.05) is 35.0 Å². The third-order valence-electron chi connectivity index (χ3n) is 4.11. The van der Waals surface area contributed by atoms with Crippen LogP contribution in [0.4, 0.5) is 11.4 Å². The quantitative estimate of drug-likeness (QED) is 0.633. The number of hydrogen-bond acceptors (Lipinski definition) is 3. The summed E-state index contributed by atoms with van der Waals surface area (Å²) in [6, 6.07) is 16.4. The molecule has 3 aromatic rings. The topological polar surface area (TPSA) is 29.3 Å². The Labute approximate surface area is 134 Å². The molecule has 2 aromatic carbocycles. The van der Waals surface area contributed by atoms with E-state index in [0.717, 1.165) is 40.7 Å². The van der Waals surface area contributed by atoms with Gasteiger partial charge in [0.2, 0.25) is 0 Å². The summed E-state index contributed by atoms with van der Waals surface area (Å²) in [7, 11) is 0. The van der Waals surface area contributed by atoms with Crippen molar-refractivity contribution in [2.75, 3.05) is 11.4 Å². The van der Waals surface area contributed by atoms with E-state index in [1.165, 1.54) is 11.3 Å². The molecule has 0 N–H and O–H groups in total. The fourth-order valence-electron chi connectivity index (χ4n) is 3.08. The fraction of sp³-hybridized carbons (Fsp3) is 0.167. The normalized spacial score (nSPS) is 13.5. The zero-order valence-electron chi connectivity index (χ0n) is 12.2. The molecule has 0 amide bonds. The number of hydrogen-bond donors (Lipinski definition) is 0. The van der Waals surface area contributed by atoms with Crippen LogP contribution in [0, 0.1) is 6.92 Å². The molecule has 3 nitrogen and oxygen atoms in total. The lowest BCUT2D eigenvalue weighted by Crippen LogP contribution is -2.19. The molecule has 1 aliphatic rings. The van der Waals surface area contributed by atoms with Crippen LogP contribution in [0.3, 0.4) is 0 Å². The molecule has 0 radical (unpaired) electrons. The molecule has 0 bridgehead atoms. The van der Waals surface area contributed by atoms with Crippen LogP contribution in [0.2, 0.25) is 5.02 Å². The average molecular weight is 311 g/mol. The van der Waals surface area contributed by atoms with E-state index in [4.69, 9.17) is 16.1 Å². The maximum absolute atomic E-state index is 6.02. The number of anilines is 2. The van der Waals surface area contributed by atoms with Crippen LogP contribution in [0.5, 0.6) is 0 Å². The minimum absolute atomic E-state index is 0.750. The molecule has 0 aliphatic carbocycles. The summed E-state index contributed by atoms with van der Waals surface area (Å²) in [6.07, 6.45) is 0.851. The van der Waals surface area contributed by atoms with Crippen LogP contribution < -0.4 is 4.90 Å². The largest absolute Gasteiger partial charge is 0.361 e. The molecule has 1 aromatic heterocycles. The van der Waals surface area contributed by atoms with Gasteiger partial charge in [-0.05, 0) is 37.3 Å². The smallest absolute Gasteiger partial charge is 0.141 e. The second-order valence-electron chi connectivity index (χ2n) is 5.46. The first-order valence-corrected chi connectivity index (χ1v) is 7.69. The lowest BCUT2D eigenvalue weighted by atomic mass is 10.0. The van der Waals surface area contributed by atoms with E-state index in [1.54, 1.807) is 0 Å². The Bertz CT molecular complexity index is 823. The Hall–Kier alpha value is -2.26. The van der Waals surface area contributed by atoms with Crippen LogP contribution in [-0.2, 0) is 6.42 Å². The summed E-state index contributed by atoms with van der Waals surface area (Å²) >= 11 is 6.02. The first-order chi connectivity index (χ1) is 10.7. The van der Waals surface area contributed by atoms with Crippen LogP contribution >= 0.6 is 11.6 Å².